The van der Waals surface area contributed by atoms with Crippen LogP contribution in [0.5, 0.6) is 0 Å². The van der Waals surface area contributed by atoms with Crippen molar-refractivity contribution in [3.63, 3.8) is 0 Å². The first kappa shape index (κ1) is 18.7. The van der Waals surface area contributed by atoms with E-state index in [9.17, 15) is 4.79 Å². The number of esters is 1. The van der Waals surface area contributed by atoms with Gasteiger partial charge >= 0.3 is 5.97 Å². The highest BCUT2D eigenvalue weighted by Crippen LogP contribution is 2.42. The lowest BCUT2D eigenvalue weighted by Gasteiger charge is -2.42. The molecule has 0 saturated carbocycles. The molecule has 1 saturated heterocycles. The van der Waals surface area contributed by atoms with Crippen molar-refractivity contribution in [1.82, 2.24) is 0 Å². The van der Waals surface area contributed by atoms with Gasteiger partial charge in [0.2, 0.25) is 0 Å². The van der Waals surface area contributed by atoms with Gasteiger partial charge < -0.3 is 13.9 Å². The van der Waals surface area contributed by atoms with Gasteiger partial charge in [0.05, 0.1) is 13.2 Å². The van der Waals surface area contributed by atoms with Crippen molar-refractivity contribution >= 4 is 14.3 Å². The second kappa shape index (κ2) is 7.74. The molecule has 21 heavy (non-hydrogen) atoms. The highest BCUT2D eigenvalue weighted by molar-refractivity contribution is 6.77. The third-order valence-electron chi connectivity index (χ3n) is 4.67. The standard InChI is InChI=1S/C16H32O4Si/c1-11(2)21(12(3)4,13(5)6)19-10-16-15(8-9-18-16)20-14(7)17/h11-13,15-16H,8-10H2,1-7H3. The molecule has 1 aliphatic rings. The molecule has 0 aromatic rings. The smallest absolute Gasteiger partial charge is 0.302 e. The molecule has 1 rings (SSSR count). The van der Waals surface area contributed by atoms with E-state index in [1.165, 1.54) is 6.92 Å². The average Bonchev–Trinajstić information content (AvgIpc) is 2.75. The van der Waals surface area contributed by atoms with E-state index < -0.39 is 8.32 Å². The van der Waals surface area contributed by atoms with Crippen LogP contribution in [0.4, 0.5) is 0 Å². The normalized spacial score (nSPS) is 23.3. The van der Waals surface area contributed by atoms with Crippen LogP contribution in [0, 0.1) is 0 Å². The molecule has 4 nitrogen and oxygen atoms in total. The summed E-state index contributed by atoms with van der Waals surface area (Å²) in [7, 11) is -1.89. The second-order valence-electron chi connectivity index (χ2n) is 6.97. The Morgan fingerprint density at radius 2 is 1.67 bits per heavy atom. The third-order valence-corrected chi connectivity index (χ3v) is 10.8. The summed E-state index contributed by atoms with van der Waals surface area (Å²) in [5.41, 5.74) is 1.64. The molecule has 0 N–H and O–H groups in total. The fraction of sp³-hybridized carbons (Fsp3) is 0.938. The Labute approximate surface area is 130 Å². The predicted octanol–water partition coefficient (Wildman–Crippen LogP) is 3.90. The minimum Gasteiger partial charge on any atom is -0.460 e. The highest BCUT2D eigenvalue weighted by atomic mass is 28.4. The zero-order valence-corrected chi connectivity index (χ0v) is 15.6. The lowest BCUT2D eigenvalue weighted by molar-refractivity contribution is -0.149. The molecule has 0 amide bonds. The first-order chi connectivity index (χ1) is 9.71. The maximum absolute atomic E-state index is 11.2. The van der Waals surface area contributed by atoms with Gasteiger partial charge in [0.1, 0.15) is 12.2 Å². The zero-order chi connectivity index (χ0) is 16.2. The number of ether oxygens (including phenoxy) is 2. The van der Waals surface area contributed by atoms with Crippen LogP contribution < -0.4 is 0 Å². The molecule has 2 unspecified atom stereocenters. The van der Waals surface area contributed by atoms with E-state index in [1.807, 2.05) is 0 Å². The van der Waals surface area contributed by atoms with E-state index in [2.05, 4.69) is 41.5 Å². The largest absolute Gasteiger partial charge is 0.460 e. The van der Waals surface area contributed by atoms with E-state index in [-0.39, 0.29) is 18.2 Å². The maximum atomic E-state index is 11.2. The summed E-state index contributed by atoms with van der Waals surface area (Å²) in [5.74, 6) is -0.240. The molecule has 0 aliphatic carbocycles. The van der Waals surface area contributed by atoms with Crippen molar-refractivity contribution in [2.45, 2.75) is 83.7 Å². The Morgan fingerprint density at radius 1 is 1.14 bits per heavy atom. The van der Waals surface area contributed by atoms with Crippen LogP contribution in [-0.2, 0) is 18.7 Å². The molecule has 0 aromatic carbocycles. The van der Waals surface area contributed by atoms with E-state index in [0.29, 0.717) is 29.8 Å². The van der Waals surface area contributed by atoms with Crippen molar-refractivity contribution in [2.24, 2.45) is 0 Å². The van der Waals surface area contributed by atoms with Crippen LogP contribution >= 0.6 is 0 Å². The Hall–Kier alpha value is -0.393. The molecule has 1 heterocycles. The topological polar surface area (TPSA) is 44.8 Å². The van der Waals surface area contributed by atoms with Gasteiger partial charge in [-0.3, -0.25) is 4.79 Å². The SMILES string of the molecule is CC(=O)OC1CCOC1CO[Si](C(C)C)(C(C)C)C(C)C. The quantitative estimate of drug-likeness (QED) is 0.528. The summed E-state index contributed by atoms with van der Waals surface area (Å²) in [6, 6.07) is 0. The van der Waals surface area contributed by atoms with E-state index in [4.69, 9.17) is 13.9 Å². The molecule has 0 aromatic heterocycles. The zero-order valence-electron chi connectivity index (χ0n) is 14.6. The van der Waals surface area contributed by atoms with E-state index in [0.717, 1.165) is 6.42 Å². The summed E-state index contributed by atoms with van der Waals surface area (Å²) >= 11 is 0. The Kier molecular flexibility index (Phi) is 6.88. The molecule has 1 fully saturated rings. The van der Waals surface area contributed by atoms with Gasteiger partial charge in [-0.2, -0.15) is 0 Å². The lowest BCUT2D eigenvalue weighted by atomic mass is 10.2. The Balaban J connectivity index is 2.75. The van der Waals surface area contributed by atoms with Gasteiger partial charge in [-0.15, -0.1) is 0 Å². The van der Waals surface area contributed by atoms with Gasteiger partial charge in [0, 0.05) is 13.3 Å². The monoisotopic (exact) mass is 316 g/mol. The van der Waals surface area contributed by atoms with Gasteiger partial charge in [-0.1, -0.05) is 41.5 Å². The van der Waals surface area contributed by atoms with E-state index >= 15 is 0 Å². The summed E-state index contributed by atoms with van der Waals surface area (Å²) < 4.78 is 17.6. The molecular formula is C16H32O4Si. The number of carbonyl (C=O) groups is 1. The third kappa shape index (κ3) is 4.30. The first-order valence-corrected chi connectivity index (χ1v) is 10.3. The molecule has 0 radical (unpaired) electrons. The van der Waals surface area contributed by atoms with Crippen molar-refractivity contribution in [3.05, 3.63) is 0 Å². The molecule has 0 spiro atoms. The molecule has 1 aliphatic heterocycles. The van der Waals surface area contributed by atoms with Crippen molar-refractivity contribution < 1.29 is 18.7 Å². The van der Waals surface area contributed by atoms with Crippen molar-refractivity contribution in [1.29, 1.82) is 0 Å². The fourth-order valence-electron chi connectivity index (χ4n) is 3.86. The van der Waals surface area contributed by atoms with Crippen molar-refractivity contribution in [2.75, 3.05) is 13.2 Å². The van der Waals surface area contributed by atoms with Crippen LogP contribution in [0.2, 0.25) is 16.6 Å². The fourth-order valence-corrected chi connectivity index (χ4v) is 9.31. The minimum absolute atomic E-state index is 0.114. The Bertz CT molecular complexity index is 319. The van der Waals surface area contributed by atoms with Gasteiger partial charge in [0.15, 0.2) is 8.32 Å². The number of hydrogen-bond acceptors (Lipinski definition) is 4. The molecule has 5 heteroatoms. The van der Waals surface area contributed by atoms with Crippen LogP contribution in [0.3, 0.4) is 0 Å². The summed E-state index contributed by atoms with van der Waals surface area (Å²) in [5, 5.41) is 0. The van der Waals surface area contributed by atoms with Crippen LogP contribution in [0.25, 0.3) is 0 Å². The van der Waals surface area contributed by atoms with Gasteiger partial charge in [-0.05, 0) is 16.6 Å². The summed E-state index contributed by atoms with van der Waals surface area (Å²) in [6.07, 6.45) is 0.505. The molecule has 2 atom stereocenters. The van der Waals surface area contributed by atoms with Gasteiger partial charge in [0.25, 0.3) is 0 Å². The summed E-state index contributed by atoms with van der Waals surface area (Å²) in [6.45, 7) is 16.2. The average molecular weight is 317 g/mol. The van der Waals surface area contributed by atoms with Crippen LogP contribution in [0.15, 0.2) is 0 Å². The van der Waals surface area contributed by atoms with Crippen LogP contribution in [0.1, 0.15) is 54.9 Å². The van der Waals surface area contributed by atoms with Crippen molar-refractivity contribution in [3.8, 4) is 0 Å². The molecule has 124 valence electrons. The highest BCUT2D eigenvalue weighted by Gasteiger charge is 2.46. The maximum Gasteiger partial charge on any atom is 0.302 e. The minimum atomic E-state index is -1.89. The molecule has 0 bridgehead atoms. The lowest BCUT2D eigenvalue weighted by Crippen LogP contribution is -2.50. The second-order valence-corrected chi connectivity index (χ2v) is 12.4. The first-order valence-electron chi connectivity index (χ1n) is 8.14. The van der Waals surface area contributed by atoms with E-state index in [1.54, 1.807) is 0 Å². The number of hydrogen-bond donors (Lipinski definition) is 0. The molecular weight excluding hydrogens is 284 g/mol. The number of carbonyl (C=O) groups excluding carboxylic acids is 1. The summed E-state index contributed by atoms with van der Waals surface area (Å²) in [4.78, 5) is 11.2. The van der Waals surface area contributed by atoms with Gasteiger partial charge in [-0.25, -0.2) is 0 Å². The van der Waals surface area contributed by atoms with Crippen LogP contribution in [-0.4, -0.2) is 39.7 Å². The predicted molar refractivity (Wildman–Crippen MR) is 86.9 cm³/mol. The number of rotatable bonds is 7. The Morgan fingerprint density at radius 3 is 2.10 bits per heavy atom.